The summed E-state index contributed by atoms with van der Waals surface area (Å²) < 4.78 is 0. The lowest BCUT2D eigenvalue weighted by Crippen LogP contribution is -2.47. The van der Waals surface area contributed by atoms with Crippen molar-refractivity contribution in [2.24, 2.45) is 5.92 Å². The van der Waals surface area contributed by atoms with Gasteiger partial charge < -0.3 is 14.7 Å². The minimum atomic E-state index is -0.137. The van der Waals surface area contributed by atoms with E-state index in [4.69, 9.17) is 0 Å². The number of carbonyl (C=O) groups is 2. The molecule has 25 heavy (non-hydrogen) atoms. The zero-order valence-electron chi connectivity index (χ0n) is 14.7. The molecule has 0 N–H and O–H groups in total. The molecule has 0 radical (unpaired) electrons. The van der Waals surface area contributed by atoms with Crippen LogP contribution in [0.1, 0.15) is 32.1 Å². The first-order valence-corrected chi connectivity index (χ1v) is 9.22. The Morgan fingerprint density at radius 2 is 2.00 bits per heavy atom. The first kappa shape index (κ1) is 16.3. The predicted molar refractivity (Wildman–Crippen MR) is 92.9 cm³/mol. The van der Waals surface area contributed by atoms with Crippen molar-refractivity contribution in [3.05, 3.63) is 18.3 Å². The number of aromatic nitrogens is 2. The average Bonchev–Trinajstić information content (AvgIpc) is 3.43. The smallest absolute Gasteiger partial charge is 0.227 e. The Labute approximate surface area is 148 Å². The monoisotopic (exact) mass is 343 g/mol. The summed E-state index contributed by atoms with van der Waals surface area (Å²) in [6.45, 7) is 2.13. The van der Waals surface area contributed by atoms with Crippen molar-refractivity contribution in [3.63, 3.8) is 0 Å². The van der Waals surface area contributed by atoms with Crippen LogP contribution in [0.25, 0.3) is 0 Å². The average molecular weight is 343 g/mol. The summed E-state index contributed by atoms with van der Waals surface area (Å²) in [7, 11) is 2.04. The first-order chi connectivity index (χ1) is 12.1. The Morgan fingerprint density at radius 1 is 1.24 bits per heavy atom. The second-order valence-electron chi connectivity index (χ2n) is 7.43. The van der Waals surface area contributed by atoms with Crippen molar-refractivity contribution < 1.29 is 9.59 Å². The number of hydrogen-bond acceptors (Lipinski definition) is 5. The number of rotatable bonds is 4. The van der Waals surface area contributed by atoms with Gasteiger partial charge in [-0.05, 0) is 37.8 Å². The van der Waals surface area contributed by atoms with E-state index in [1.807, 2.05) is 29.0 Å². The molecule has 0 bridgehead atoms. The van der Waals surface area contributed by atoms with Gasteiger partial charge in [0.25, 0.3) is 0 Å². The summed E-state index contributed by atoms with van der Waals surface area (Å²) >= 11 is 0. The topological polar surface area (TPSA) is 69.6 Å². The van der Waals surface area contributed by atoms with E-state index in [9.17, 15) is 9.59 Å². The fourth-order valence-electron chi connectivity index (χ4n) is 4.04. The lowest BCUT2D eigenvalue weighted by molar-refractivity contribution is -0.136. The molecule has 0 aromatic carbocycles. The van der Waals surface area contributed by atoms with E-state index in [-0.39, 0.29) is 17.7 Å². The van der Waals surface area contributed by atoms with Gasteiger partial charge in [-0.15, -0.1) is 5.10 Å². The Morgan fingerprint density at radius 3 is 2.64 bits per heavy atom. The molecule has 1 aromatic heterocycles. The number of piperidine rings is 1. The van der Waals surface area contributed by atoms with Gasteiger partial charge in [0.2, 0.25) is 11.8 Å². The number of nitrogens with zero attached hydrogens (tertiary/aromatic N) is 5. The molecule has 2 saturated heterocycles. The number of anilines is 1. The molecule has 134 valence electrons. The highest BCUT2D eigenvalue weighted by Gasteiger charge is 2.43. The maximum absolute atomic E-state index is 12.8. The summed E-state index contributed by atoms with van der Waals surface area (Å²) in [5.74, 6) is 1.06. The van der Waals surface area contributed by atoms with Crippen LogP contribution in [0.3, 0.4) is 0 Å². The van der Waals surface area contributed by atoms with Gasteiger partial charge in [-0.3, -0.25) is 9.59 Å². The standard InChI is InChI=1S/C18H25N5O2/c1-21(16-3-2-8-19-20-16)14-6-9-22(10-7-14)18(25)13-11-17(24)23(12-13)15-4-5-15/h2-3,8,13-15H,4-7,9-12H2,1H3/t13-/m1/s1. The molecule has 3 fully saturated rings. The van der Waals surface area contributed by atoms with Crippen LogP contribution in [-0.2, 0) is 9.59 Å². The Balaban J connectivity index is 1.31. The molecule has 3 heterocycles. The molecule has 7 nitrogen and oxygen atoms in total. The van der Waals surface area contributed by atoms with Crippen molar-refractivity contribution in [1.29, 1.82) is 0 Å². The van der Waals surface area contributed by atoms with Crippen LogP contribution >= 0.6 is 0 Å². The van der Waals surface area contributed by atoms with E-state index in [0.717, 1.165) is 44.6 Å². The van der Waals surface area contributed by atoms with Gasteiger partial charge in [-0.2, -0.15) is 5.10 Å². The summed E-state index contributed by atoms with van der Waals surface area (Å²) in [4.78, 5) is 30.9. The number of carbonyl (C=O) groups excluding carboxylic acids is 2. The SMILES string of the molecule is CN(c1cccnn1)C1CCN(C(=O)[C@@H]2CC(=O)N(C3CC3)C2)CC1. The maximum atomic E-state index is 12.8. The zero-order chi connectivity index (χ0) is 17.4. The molecular weight excluding hydrogens is 318 g/mol. The largest absolute Gasteiger partial charge is 0.355 e. The minimum absolute atomic E-state index is 0.137. The summed E-state index contributed by atoms with van der Waals surface area (Å²) in [5, 5.41) is 8.10. The maximum Gasteiger partial charge on any atom is 0.227 e. The molecule has 3 aliphatic rings. The Bertz CT molecular complexity index is 640. The molecule has 1 aliphatic carbocycles. The molecule has 0 unspecified atom stereocenters. The predicted octanol–water partition coefficient (Wildman–Crippen LogP) is 0.915. The van der Waals surface area contributed by atoms with Crippen LogP contribution < -0.4 is 4.90 Å². The zero-order valence-corrected chi connectivity index (χ0v) is 14.7. The Kier molecular flexibility index (Phi) is 4.31. The number of hydrogen-bond donors (Lipinski definition) is 0. The van der Waals surface area contributed by atoms with Crippen LogP contribution in [0, 0.1) is 5.92 Å². The van der Waals surface area contributed by atoms with Crippen LogP contribution in [0.2, 0.25) is 0 Å². The molecule has 2 aliphatic heterocycles. The third-order valence-corrected chi connectivity index (χ3v) is 5.74. The first-order valence-electron chi connectivity index (χ1n) is 9.22. The molecule has 1 atom stereocenters. The number of likely N-dealkylation sites (tertiary alicyclic amines) is 2. The van der Waals surface area contributed by atoms with E-state index >= 15 is 0 Å². The van der Waals surface area contributed by atoms with Gasteiger partial charge in [0, 0.05) is 51.4 Å². The van der Waals surface area contributed by atoms with Crippen molar-refractivity contribution >= 4 is 17.6 Å². The fourth-order valence-corrected chi connectivity index (χ4v) is 4.04. The van der Waals surface area contributed by atoms with Crippen LogP contribution in [0.4, 0.5) is 5.82 Å². The Hall–Kier alpha value is -2.18. The second kappa shape index (κ2) is 6.61. The fraction of sp³-hybridized carbons (Fsp3) is 0.667. The highest BCUT2D eigenvalue weighted by atomic mass is 16.2. The van der Waals surface area contributed by atoms with Gasteiger partial charge in [-0.1, -0.05) is 0 Å². The molecule has 1 aromatic rings. The van der Waals surface area contributed by atoms with Crippen molar-refractivity contribution in [2.75, 3.05) is 31.6 Å². The van der Waals surface area contributed by atoms with Gasteiger partial charge in [0.05, 0.1) is 5.92 Å². The summed E-state index contributed by atoms with van der Waals surface area (Å²) in [6, 6.07) is 4.63. The molecule has 4 rings (SSSR count). The third kappa shape index (κ3) is 3.32. The number of amides is 2. The van der Waals surface area contributed by atoms with Gasteiger partial charge in [0.15, 0.2) is 5.82 Å². The van der Waals surface area contributed by atoms with Gasteiger partial charge in [-0.25, -0.2) is 0 Å². The van der Waals surface area contributed by atoms with E-state index in [1.165, 1.54) is 0 Å². The highest BCUT2D eigenvalue weighted by Crippen LogP contribution is 2.33. The summed E-state index contributed by atoms with van der Waals surface area (Å²) in [6.07, 6.45) is 6.12. The molecule has 0 spiro atoms. The van der Waals surface area contributed by atoms with Crippen LogP contribution in [0.15, 0.2) is 18.3 Å². The molecule has 1 saturated carbocycles. The lowest BCUT2D eigenvalue weighted by Gasteiger charge is -2.37. The summed E-state index contributed by atoms with van der Waals surface area (Å²) in [5.41, 5.74) is 0. The van der Waals surface area contributed by atoms with E-state index in [1.54, 1.807) is 6.20 Å². The van der Waals surface area contributed by atoms with Crippen molar-refractivity contribution in [1.82, 2.24) is 20.0 Å². The molecule has 2 amide bonds. The normalized spacial score (nSPS) is 24.7. The molecule has 7 heteroatoms. The van der Waals surface area contributed by atoms with Crippen molar-refractivity contribution in [3.8, 4) is 0 Å². The highest BCUT2D eigenvalue weighted by molar-refractivity contribution is 5.89. The van der Waals surface area contributed by atoms with E-state index in [2.05, 4.69) is 15.1 Å². The van der Waals surface area contributed by atoms with Crippen LogP contribution in [-0.4, -0.2) is 70.6 Å². The van der Waals surface area contributed by atoms with E-state index in [0.29, 0.717) is 25.0 Å². The molecular formula is C18H25N5O2. The quantitative estimate of drug-likeness (QED) is 0.813. The van der Waals surface area contributed by atoms with E-state index < -0.39 is 0 Å². The minimum Gasteiger partial charge on any atom is -0.355 e. The van der Waals surface area contributed by atoms with Crippen LogP contribution in [0.5, 0.6) is 0 Å². The van der Waals surface area contributed by atoms with Crippen molar-refractivity contribution in [2.45, 2.75) is 44.2 Å². The van der Waals surface area contributed by atoms with Gasteiger partial charge in [0.1, 0.15) is 0 Å². The lowest BCUT2D eigenvalue weighted by atomic mass is 10.0. The second-order valence-corrected chi connectivity index (χ2v) is 7.43. The third-order valence-electron chi connectivity index (χ3n) is 5.74. The van der Waals surface area contributed by atoms with Gasteiger partial charge >= 0.3 is 0 Å².